The van der Waals surface area contributed by atoms with Crippen molar-refractivity contribution in [3.8, 4) is 0 Å². The SMILES string of the molecule is CSc1nc(Cl)cc(N2CCN(c3nccs3)CC2)n1. The Hall–Kier alpha value is -1.05. The highest BCUT2D eigenvalue weighted by Crippen LogP contribution is 2.24. The second-order valence-corrected chi connectivity index (χ2v) is 6.36. The molecule has 8 heteroatoms. The Balaban J connectivity index is 1.70. The van der Waals surface area contributed by atoms with Crippen molar-refractivity contribution in [3.05, 3.63) is 22.8 Å². The molecule has 1 aliphatic rings. The van der Waals surface area contributed by atoms with Crippen LogP contribution in [0.15, 0.2) is 22.8 Å². The predicted molar refractivity (Wildman–Crippen MR) is 85.4 cm³/mol. The Morgan fingerprint density at radius 2 is 1.95 bits per heavy atom. The van der Waals surface area contributed by atoms with Crippen LogP contribution in [0.25, 0.3) is 0 Å². The van der Waals surface area contributed by atoms with Gasteiger partial charge >= 0.3 is 0 Å². The summed E-state index contributed by atoms with van der Waals surface area (Å²) in [6.07, 6.45) is 3.80. The van der Waals surface area contributed by atoms with Crippen LogP contribution < -0.4 is 9.80 Å². The number of halogens is 1. The fourth-order valence-corrected chi connectivity index (χ4v) is 3.44. The smallest absolute Gasteiger partial charge is 0.190 e. The van der Waals surface area contributed by atoms with E-state index >= 15 is 0 Å². The lowest BCUT2D eigenvalue weighted by atomic mass is 10.3. The molecule has 0 saturated carbocycles. The predicted octanol–water partition coefficient (Wildman–Crippen LogP) is 2.64. The third-order valence-electron chi connectivity index (χ3n) is 3.14. The standard InChI is InChI=1S/C12H14ClN5S2/c1-19-11-15-9(13)8-10(16-11)17-3-5-18(6-4-17)12-14-2-7-20-12/h2,7-8H,3-6H2,1H3. The second-order valence-electron chi connectivity index (χ2n) is 4.32. The Morgan fingerprint density at radius 3 is 2.60 bits per heavy atom. The molecule has 2 aromatic rings. The van der Waals surface area contributed by atoms with E-state index in [9.17, 15) is 0 Å². The molecule has 0 aromatic carbocycles. The van der Waals surface area contributed by atoms with Crippen LogP contribution in [0.4, 0.5) is 10.9 Å². The largest absolute Gasteiger partial charge is 0.353 e. The van der Waals surface area contributed by atoms with Gasteiger partial charge in [0.2, 0.25) is 0 Å². The molecule has 2 aromatic heterocycles. The summed E-state index contributed by atoms with van der Waals surface area (Å²) in [6, 6.07) is 1.83. The van der Waals surface area contributed by atoms with Crippen molar-refractivity contribution in [3.63, 3.8) is 0 Å². The average molecular weight is 328 g/mol. The Morgan fingerprint density at radius 1 is 1.20 bits per heavy atom. The third-order valence-corrected chi connectivity index (χ3v) is 4.71. The maximum absolute atomic E-state index is 6.05. The fraction of sp³-hybridized carbons (Fsp3) is 0.417. The summed E-state index contributed by atoms with van der Waals surface area (Å²) in [7, 11) is 0. The van der Waals surface area contributed by atoms with Crippen LogP contribution in [0.1, 0.15) is 0 Å². The molecule has 0 spiro atoms. The third kappa shape index (κ3) is 2.99. The van der Waals surface area contributed by atoms with Crippen molar-refractivity contribution in [1.82, 2.24) is 15.0 Å². The molecule has 106 valence electrons. The van der Waals surface area contributed by atoms with Gasteiger partial charge in [0.1, 0.15) is 11.0 Å². The summed E-state index contributed by atoms with van der Waals surface area (Å²) in [6.45, 7) is 3.73. The van der Waals surface area contributed by atoms with E-state index in [1.165, 1.54) is 11.8 Å². The molecule has 0 aliphatic carbocycles. The number of nitrogens with zero attached hydrogens (tertiary/aromatic N) is 5. The van der Waals surface area contributed by atoms with Crippen molar-refractivity contribution in [2.45, 2.75) is 5.16 Å². The molecule has 0 unspecified atom stereocenters. The monoisotopic (exact) mass is 327 g/mol. The lowest BCUT2D eigenvalue weighted by molar-refractivity contribution is 0.642. The van der Waals surface area contributed by atoms with Gasteiger partial charge in [0.05, 0.1) is 0 Å². The van der Waals surface area contributed by atoms with E-state index in [4.69, 9.17) is 11.6 Å². The highest BCUT2D eigenvalue weighted by atomic mass is 35.5. The van der Waals surface area contributed by atoms with Crippen LogP contribution in [0, 0.1) is 0 Å². The van der Waals surface area contributed by atoms with E-state index in [0.717, 1.165) is 42.3 Å². The number of hydrogen-bond donors (Lipinski definition) is 0. The van der Waals surface area contributed by atoms with E-state index in [1.54, 1.807) is 11.3 Å². The van der Waals surface area contributed by atoms with E-state index < -0.39 is 0 Å². The number of anilines is 2. The van der Waals surface area contributed by atoms with E-state index in [1.807, 2.05) is 23.9 Å². The lowest BCUT2D eigenvalue weighted by Gasteiger charge is -2.35. The van der Waals surface area contributed by atoms with Crippen LogP contribution in [-0.4, -0.2) is 47.4 Å². The van der Waals surface area contributed by atoms with Gasteiger partial charge in [0.15, 0.2) is 10.3 Å². The molecule has 3 rings (SSSR count). The van der Waals surface area contributed by atoms with Gasteiger partial charge < -0.3 is 9.80 Å². The van der Waals surface area contributed by atoms with Crippen molar-refractivity contribution in [2.75, 3.05) is 42.2 Å². The zero-order valence-electron chi connectivity index (χ0n) is 11.0. The highest BCUT2D eigenvalue weighted by molar-refractivity contribution is 7.98. The topological polar surface area (TPSA) is 45.2 Å². The minimum Gasteiger partial charge on any atom is -0.353 e. The second kappa shape index (κ2) is 6.15. The normalized spacial score (nSPS) is 15.7. The van der Waals surface area contributed by atoms with Gasteiger partial charge in [-0.25, -0.2) is 15.0 Å². The highest BCUT2D eigenvalue weighted by Gasteiger charge is 2.20. The summed E-state index contributed by atoms with van der Waals surface area (Å²) in [5.41, 5.74) is 0. The number of rotatable bonds is 3. The number of aromatic nitrogens is 3. The molecular formula is C12H14ClN5S2. The molecule has 0 radical (unpaired) electrons. The number of thiazole rings is 1. The van der Waals surface area contributed by atoms with Gasteiger partial charge in [0, 0.05) is 43.8 Å². The molecule has 0 atom stereocenters. The van der Waals surface area contributed by atoms with Gasteiger partial charge in [-0.15, -0.1) is 11.3 Å². The first-order valence-electron chi connectivity index (χ1n) is 6.24. The number of thioether (sulfide) groups is 1. The summed E-state index contributed by atoms with van der Waals surface area (Å²) in [5.74, 6) is 0.910. The quantitative estimate of drug-likeness (QED) is 0.490. The Labute approximate surface area is 131 Å². The summed E-state index contributed by atoms with van der Waals surface area (Å²) in [5, 5.41) is 4.32. The molecule has 0 bridgehead atoms. The van der Waals surface area contributed by atoms with Crippen molar-refractivity contribution in [1.29, 1.82) is 0 Å². The molecule has 1 fully saturated rings. The maximum atomic E-state index is 6.05. The summed E-state index contributed by atoms with van der Waals surface area (Å²) >= 11 is 9.24. The van der Waals surface area contributed by atoms with Crippen LogP contribution in [0.2, 0.25) is 5.15 Å². The van der Waals surface area contributed by atoms with Gasteiger partial charge in [-0.05, 0) is 6.26 Å². The zero-order valence-corrected chi connectivity index (χ0v) is 13.4. The van der Waals surface area contributed by atoms with Crippen LogP contribution in [0.3, 0.4) is 0 Å². The molecule has 3 heterocycles. The summed E-state index contributed by atoms with van der Waals surface area (Å²) < 4.78 is 0. The van der Waals surface area contributed by atoms with Crippen molar-refractivity contribution >= 4 is 45.6 Å². The maximum Gasteiger partial charge on any atom is 0.190 e. The molecular weight excluding hydrogens is 314 g/mol. The van der Waals surface area contributed by atoms with E-state index in [0.29, 0.717) is 5.15 Å². The van der Waals surface area contributed by atoms with E-state index in [2.05, 4.69) is 24.8 Å². The van der Waals surface area contributed by atoms with Crippen LogP contribution in [-0.2, 0) is 0 Å². The van der Waals surface area contributed by atoms with Crippen molar-refractivity contribution < 1.29 is 0 Å². The Kier molecular flexibility index (Phi) is 4.28. The zero-order chi connectivity index (χ0) is 13.9. The first-order valence-corrected chi connectivity index (χ1v) is 8.72. The Bertz CT molecular complexity index is 569. The minimum absolute atomic E-state index is 0.502. The molecule has 1 aliphatic heterocycles. The first-order chi connectivity index (χ1) is 9.76. The fourth-order valence-electron chi connectivity index (χ4n) is 2.14. The average Bonchev–Trinajstić information content (AvgIpc) is 3.01. The number of piperazine rings is 1. The molecule has 5 nitrogen and oxygen atoms in total. The summed E-state index contributed by atoms with van der Waals surface area (Å²) in [4.78, 5) is 17.6. The van der Waals surface area contributed by atoms with E-state index in [-0.39, 0.29) is 0 Å². The van der Waals surface area contributed by atoms with Crippen LogP contribution in [0.5, 0.6) is 0 Å². The van der Waals surface area contributed by atoms with Gasteiger partial charge in [-0.3, -0.25) is 0 Å². The molecule has 0 amide bonds. The van der Waals surface area contributed by atoms with Crippen LogP contribution >= 0.6 is 34.7 Å². The lowest BCUT2D eigenvalue weighted by Crippen LogP contribution is -2.46. The number of hydrogen-bond acceptors (Lipinski definition) is 7. The van der Waals surface area contributed by atoms with Gasteiger partial charge in [0.25, 0.3) is 0 Å². The van der Waals surface area contributed by atoms with Gasteiger partial charge in [-0.1, -0.05) is 23.4 Å². The first kappa shape index (κ1) is 13.9. The molecule has 0 N–H and O–H groups in total. The minimum atomic E-state index is 0.502. The van der Waals surface area contributed by atoms with Crippen molar-refractivity contribution in [2.24, 2.45) is 0 Å². The molecule has 1 saturated heterocycles. The van der Waals surface area contributed by atoms with Gasteiger partial charge in [-0.2, -0.15) is 0 Å². The molecule has 20 heavy (non-hydrogen) atoms.